The van der Waals surface area contributed by atoms with Crippen molar-refractivity contribution in [2.75, 3.05) is 40.3 Å². The lowest BCUT2D eigenvalue weighted by Crippen LogP contribution is -2.49. The molecule has 27 heavy (non-hydrogen) atoms. The van der Waals surface area contributed by atoms with Gasteiger partial charge in [-0.05, 0) is 44.4 Å². The second kappa shape index (κ2) is 10.3. The predicted molar refractivity (Wildman–Crippen MR) is 111 cm³/mol. The summed E-state index contributed by atoms with van der Waals surface area (Å²) >= 11 is 0. The van der Waals surface area contributed by atoms with Crippen molar-refractivity contribution < 1.29 is 9.90 Å². The molecule has 6 nitrogen and oxygen atoms in total. The first kappa shape index (κ1) is 22.0. The van der Waals surface area contributed by atoms with E-state index in [-0.39, 0.29) is 23.3 Å². The van der Waals surface area contributed by atoms with Gasteiger partial charge in [-0.1, -0.05) is 32.1 Å². The maximum Gasteiger partial charge on any atom is 0.230 e. The van der Waals surface area contributed by atoms with Crippen LogP contribution in [0.3, 0.4) is 0 Å². The SMILES string of the molecule is CCNC(=NCC1(CCO)CCCCC1)NCC1(C(=O)N(C)C)CCCC1. The first-order valence-electron chi connectivity index (χ1n) is 10.8. The maximum atomic E-state index is 12.8. The van der Waals surface area contributed by atoms with Crippen LogP contribution in [-0.4, -0.2) is 62.2 Å². The highest BCUT2D eigenvalue weighted by Gasteiger charge is 2.42. The van der Waals surface area contributed by atoms with Gasteiger partial charge in [-0.2, -0.15) is 0 Å². The number of aliphatic hydroxyl groups excluding tert-OH is 1. The molecular weight excluding hydrogens is 340 g/mol. The van der Waals surface area contributed by atoms with E-state index in [0.29, 0.717) is 6.54 Å². The van der Waals surface area contributed by atoms with E-state index in [2.05, 4.69) is 17.6 Å². The van der Waals surface area contributed by atoms with E-state index >= 15 is 0 Å². The van der Waals surface area contributed by atoms with Gasteiger partial charge in [0.15, 0.2) is 5.96 Å². The van der Waals surface area contributed by atoms with Crippen molar-refractivity contribution in [3.63, 3.8) is 0 Å². The van der Waals surface area contributed by atoms with Crippen molar-refractivity contribution in [1.29, 1.82) is 0 Å². The minimum absolute atomic E-state index is 0.139. The summed E-state index contributed by atoms with van der Waals surface area (Å²) in [5.41, 5.74) is -0.160. The van der Waals surface area contributed by atoms with Crippen LogP contribution in [0.1, 0.15) is 71.1 Å². The molecule has 2 aliphatic carbocycles. The number of amides is 1. The third kappa shape index (κ3) is 5.84. The molecule has 0 radical (unpaired) electrons. The van der Waals surface area contributed by atoms with Crippen molar-refractivity contribution >= 4 is 11.9 Å². The van der Waals surface area contributed by atoms with Crippen LogP contribution in [0.15, 0.2) is 4.99 Å². The molecule has 0 atom stereocenters. The third-order valence-electron chi connectivity index (χ3n) is 6.49. The van der Waals surface area contributed by atoms with E-state index in [1.165, 1.54) is 19.3 Å². The van der Waals surface area contributed by atoms with E-state index in [0.717, 1.165) is 64.0 Å². The summed E-state index contributed by atoms with van der Waals surface area (Å²) in [4.78, 5) is 19.4. The molecule has 0 heterocycles. The first-order chi connectivity index (χ1) is 13.0. The van der Waals surface area contributed by atoms with Gasteiger partial charge >= 0.3 is 0 Å². The topological polar surface area (TPSA) is 77.0 Å². The van der Waals surface area contributed by atoms with E-state index in [1.54, 1.807) is 4.90 Å². The Morgan fingerprint density at radius 2 is 1.67 bits per heavy atom. The van der Waals surface area contributed by atoms with Gasteiger partial charge in [-0.15, -0.1) is 0 Å². The molecule has 0 aliphatic heterocycles. The van der Waals surface area contributed by atoms with Crippen molar-refractivity contribution in [2.45, 2.75) is 71.1 Å². The number of carbonyl (C=O) groups excluding carboxylic acids is 1. The number of aliphatic hydroxyl groups is 1. The van der Waals surface area contributed by atoms with E-state index < -0.39 is 0 Å². The highest BCUT2D eigenvalue weighted by Crippen LogP contribution is 2.40. The van der Waals surface area contributed by atoms with Crippen LogP contribution in [0, 0.1) is 10.8 Å². The molecule has 2 aliphatic rings. The Morgan fingerprint density at radius 3 is 2.22 bits per heavy atom. The summed E-state index contributed by atoms with van der Waals surface area (Å²) in [7, 11) is 3.70. The Labute approximate surface area is 165 Å². The third-order valence-corrected chi connectivity index (χ3v) is 6.49. The average Bonchev–Trinajstić information content (AvgIpc) is 3.14. The van der Waals surface area contributed by atoms with Crippen molar-refractivity contribution in [3.05, 3.63) is 0 Å². The Balaban J connectivity index is 2.04. The second-order valence-electron chi connectivity index (χ2n) is 8.77. The number of hydrogen-bond acceptors (Lipinski definition) is 3. The molecule has 2 rings (SSSR count). The quantitative estimate of drug-likeness (QED) is 0.447. The highest BCUT2D eigenvalue weighted by molar-refractivity contribution is 5.85. The van der Waals surface area contributed by atoms with Gasteiger partial charge < -0.3 is 20.6 Å². The number of carbonyl (C=O) groups is 1. The smallest absolute Gasteiger partial charge is 0.230 e. The normalized spacial score (nSPS) is 21.7. The molecule has 1 amide bonds. The molecule has 0 bridgehead atoms. The van der Waals surface area contributed by atoms with Gasteiger partial charge in [0.25, 0.3) is 0 Å². The molecule has 6 heteroatoms. The number of guanidine groups is 1. The van der Waals surface area contributed by atoms with Gasteiger partial charge in [0.05, 0.1) is 5.41 Å². The Kier molecular flexibility index (Phi) is 8.39. The molecule has 0 aromatic carbocycles. The van der Waals surface area contributed by atoms with Gasteiger partial charge in [0.2, 0.25) is 5.91 Å². The summed E-state index contributed by atoms with van der Waals surface area (Å²) in [5.74, 6) is 1.03. The van der Waals surface area contributed by atoms with E-state index in [9.17, 15) is 9.90 Å². The first-order valence-corrected chi connectivity index (χ1v) is 10.8. The average molecular weight is 381 g/mol. The largest absolute Gasteiger partial charge is 0.396 e. The number of nitrogens with zero attached hydrogens (tertiary/aromatic N) is 2. The Morgan fingerprint density at radius 1 is 1.04 bits per heavy atom. The second-order valence-corrected chi connectivity index (χ2v) is 8.77. The zero-order valence-electron chi connectivity index (χ0n) is 17.6. The molecule has 0 aromatic heterocycles. The van der Waals surface area contributed by atoms with E-state index in [4.69, 9.17) is 4.99 Å². The summed E-state index contributed by atoms with van der Waals surface area (Å²) in [6, 6.07) is 0. The lowest BCUT2D eigenvalue weighted by Gasteiger charge is -2.36. The lowest BCUT2D eigenvalue weighted by atomic mass is 9.72. The fraction of sp³-hybridized carbons (Fsp3) is 0.905. The monoisotopic (exact) mass is 380 g/mol. The van der Waals surface area contributed by atoms with Gasteiger partial charge in [0.1, 0.15) is 0 Å². The van der Waals surface area contributed by atoms with Crippen LogP contribution < -0.4 is 10.6 Å². The highest BCUT2D eigenvalue weighted by atomic mass is 16.3. The minimum Gasteiger partial charge on any atom is -0.396 e. The summed E-state index contributed by atoms with van der Waals surface area (Å²) < 4.78 is 0. The number of hydrogen-bond donors (Lipinski definition) is 3. The van der Waals surface area contributed by atoms with Crippen LogP contribution >= 0.6 is 0 Å². The molecule has 3 N–H and O–H groups in total. The van der Waals surface area contributed by atoms with Crippen LogP contribution in [-0.2, 0) is 4.79 Å². The number of rotatable bonds is 8. The van der Waals surface area contributed by atoms with Gasteiger partial charge in [-0.25, -0.2) is 0 Å². The Hall–Kier alpha value is -1.30. The molecule has 2 fully saturated rings. The molecule has 0 spiro atoms. The van der Waals surface area contributed by atoms with Crippen LogP contribution in [0.4, 0.5) is 0 Å². The number of aliphatic imine (C=N–C) groups is 1. The van der Waals surface area contributed by atoms with Gasteiger partial charge in [-0.3, -0.25) is 9.79 Å². The minimum atomic E-state index is -0.298. The molecule has 0 unspecified atom stereocenters. The fourth-order valence-corrected chi connectivity index (χ4v) is 4.86. The fourth-order valence-electron chi connectivity index (χ4n) is 4.86. The Bertz CT molecular complexity index is 487. The van der Waals surface area contributed by atoms with Crippen LogP contribution in [0.5, 0.6) is 0 Å². The zero-order valence-corrected chi connectivity index (χ0v) is 17.6. The summed E-state index contributed by atoms with van der Waals surface area (Å²) in [5, 5.41) is 16.3. The molecule has 0 aromatic rings. The molecule has 0 saturated heterocycles. The summed E-state index contributed by atoms with van der Waals surface area (Å²) in [6.07, 6.45) is 11.0. The molecule has 156 valence electrons. The van der Waals surface area contributed by atoms with E-state index in [1.807, 2.05) is 14.1 Å². The number of nitrogens with one attached hydrogen (secondary N) is 2. The molecule has 2 saturated carbocycles. The lowest BCUT2D eigenvalue weighted by molar-refractivity contribution is -0.138. The predicted octanol–water partition coefficient (Wildman–Crippen LogP) is 2.52. The molecular formula is C21H40N4O2. The van der Waals surface area contributed by atoms with Crippen LogP contribution in [0.25, 0.3) is 0 Å². The zero-order chi connectivity index (χ0) is 19.8. The summed E-state index contributed by atoms with van der Waals surface area (Å²) in [6.45, 7) is 4.49. The van der Waals surface area contributed by atoms with Crippen molar-refractivity contribution in [3.8, 4) is 0 Å². The van der Waals surface area contributed by atoms with Crippen molar-refractivity contribution in [2.24, 2.45) is 15.8 Å². The maximum absolute atomic E-state index is 12.8. The van der Waals surface area contributed by atoms with Gasteiger partial charge in [0, 0.05) is 40.3 Å². The van der Waals surface area contributed by atoms with Crippen LogP contribution in [0.2, 0.25) is 0 Å². The standard InChI is InChI=1S/C21H40N4O2/c1-4-22-19(23-16-20(14-15-26)10-6-5-7-11-20)24-17-21(12-8-9-13-21)18(27)25(2)3/h26H,4-17H2,1-3H3,(H2,22,23,24). The van der Waals surface area contributed by atoms with Crippen molar-refractivity contribution in [1.82, 2.24) is 15.5 Å².